The lowest BCUT2D eigenvalue weighted by molar-refractivity contribution is 0.418. The molecule has 0 N–H and O–H groups in total. The van der Waals surface area contributed by atoms with Gasteiger partial charge in [-0.1, -0.05) is 77.9 Å². The predicted molar refractivity (Wildman–Crippen MR) is 95.0 cm³/mol. The first kappa shape index (κ1) is 19.2. The Balaban J connectivity index is 2.14. The number of unbranched alkanes of at least 4 members (excludes halogenated alkanes) is 4. The van der Waals surface area contributed by atoms with Crippen molar-refractivity contribution in [3.05, 3.63) is 11.9 Å². The summed E-state index contributed by atoms with van der Waals surface area (Å²) in [4.78, 5) is 0. The maximum absolute atomic E-state index is 4.26. The third kappa shape index (κ3) is 8.55. The normalized spacial score (nSPS) is 13.0. The highest BCUT2D eigenvalue weighted by atomic mass is 15.4. The van der Waals surface area contributed by atoms with Crippen molar-refractivity contribution in [3.63, 3.8) is 0 Å². The molecule has 0 aliphatic rings. The zero-order valence-corrected chi connectivity index (χ0v) is 15.4. The lowest BCUT2D eigenvalue weighted by Crippen LogP contribution is -2.08. The molecule has 0 aliphatic carbocycles. The molecule has 0 aliphatic heterocycles. The molecule has 1 heterocycles. The maximum atomic E-state index is 4.26. The molecule has 3 heteroatoms. The Hall–Kier alpha value is -0.860. The van der Waals surface area contributed by atoms with Gasteiger partial charge in [0.05, 0.1) is 11.9 Å². The van der Waals surface area contributed by atoms with Crippen LogP contribution in [-0.2, 0) is 13.0 Å². The van der Waals surface area contributed by atoms with E-state index in [0.717, 1.165) is 24.8 Å². The van der Waals surface area contributed by atoms with Crippen LogP contribution in [0.2, 0.25) is 0 Å². The van der Waals surface area contributed by atoms with Crippen molar-refractivity contribution in [1.29, 1.82) is 0 Å². The quantitative estimate of drug-likeness (QED) is 0.441. The summed E-state index contributed by atoms with van der Waals surface area (Å²) < 4.78 is 2.13. The first-order valence-corrected chi connectivity index (χ1v) is 9.50. The summed E-state index contributed by atoms with van der Waals surface area (Å²) in [7, 11) is 0. The van der Waals surface area contributed by atoms with E-state index in [1.807, 2.05) is 6.20 Å². The van der Waals surface area contributed by atoms with Gasteiger partial charge >= 0.3 is 0 Å². The lowest BCUT2D eigenvalue weighted by atomic mass is 10.0. The third-order valence-corrected chi connectivity index (χ3v) is 4.53. The highest BCUT2D eigenvalue weighted by Gasteiger charge is 2.06. The minimum Gasteiger partial charge on any atom is -0.249 e. The number of hydrogen-bond donors (Lipinski definition) is 0. The van der Waals surface area contributed by atoms with E-state index in [-0.39, 0.29) is 0 Å². The maximum Gasteiger partial charge on any atom is 0.0725 e. The number of nitrogens with zero attached hydrogens (tertiary/aromatic N) is 3. The van der Waals surface area contributed by atoms with Crippen LogP contribution in [0.15, 0.2) is 6.20 Å². The fourth-order valence-electron chi connectivity index (χ4n) is 3.03. The summed E-state index contributed by atoms with van der Waals surface area (Å²) in [5.74, 6) is 1.65. The Morgan fingerprint density at radius 2 is 1.68 bits per heavy atom. The summed E-state index contributed by atoms with van der Waals surface area (Å²) in [6.45, 7) is 10.3. The lowest BCUT2D eigenvalue weighted by Gasteiger charge is -2.11. The van der Waals surface area contributed by atoms with Gasteiger partial charge in [-0.15, -0.1) is 5.10 Å². The molecular weight excluding hydrogens is 270 g/mol. The largest absolute Gasteiger partial charge is 0.249 e. The number of aryl methyl sites for hydroxylation is 2. The molecule has 22 heavy (non-hydrogen) atoms. The molecule has 1 atom stereocenters. The number of aromatic nitrogens is 3. The van der Waals surface area contributed by atoms with E-state index in [1.54, 1.807) is 0 Å². The van der Waals surface area contributed by atoms with Crippen LogP contribution in [0.5, 0.6) is 0 Å². The second-order valence-electron chi connectivity index (χ2n) is 7.33. The van der Waals surface area contributed by atoms with Gasteiger partial charge in [-0.2, -0.15) is 0 Å². The average Bonchev–Trinajstić information content (AvgIpc) is 2.91. The van der Waals surface area contributed by atoms with Crippen LogP contribution in [0, 0.1) is 11.8 Å². The molecule has 0 amide bonds. The predicted octanol–water partition coefficient (Wildman–Crippen LogP) is 5.64. The molecule has 0 saturated heterocycles. The van der Waals surface area contributed by atoms with E-state index in [4.69, 9.17) is 0 Å². The summed E-state index contributed by atoms with van der Waals surface area (Å²) >= 11 is 0. The molecule has 1 aromatic rings. The SMILES string of the molecule is CCCC(C)CCn1nncc1CCCCCCCC(C)C. The van der Waals surface area contributed by atoms with Crippen molar-refractivity contribution in [2.45, 2.75) is 98.4 Å². The van der Waals surface area contributed by atoms with Gasteiger partial charge in [-0.25, -0.2) is 4.68 Å². The molecular formula is C19H37N3. The molecule has 1 unspecified atom stereocenters. The van der Waals surface area contributed by atoms with Gasteiger partial charge in [0, 0.05) is 6.54 Å². The molecule has 128 valence electrons. The first-order valence-electron chi connectivity index (χ1n) is 9.50. The van der Waals surface area contributed by atoms with Gasteiger partial charge in [-0.05, 0) is 31.1 Å². The molecule has 3 nitrogen and oxygen atoms in total. The second kappa shape index (κ2) is 11.7. The second-order valence-corrected chi connectivity index (χ2v) is 7.33. The van der Waals surface area contributed by atoms with Crippen LogP contribution in [0.4, 0.5) is 0 Å². The number of rotatable bonds is 13. The van der Waals surface area contributed by atoms with Crippen molar-refractivity contribution in [3.8, 4) is 0 Å². The standard InChI is InChI=1S/C19H37N3/c1-5-11-18(4)14-15-22-19(16-20-21-22)13-10-8-6-7-9-12-17(2)3/h16-18H,5-15H2,1-4H3. The van der Waals surface area contributed by atoms with Crippen molar-refractivity contribution in [2.75, 3.05) is 0 Å². The van der Waals surface area contributed by atoms with Gasteiger partial charge in [0.15, 0.2) is 0 Å². The summed E-state index contributed by atoms with van der Waals surface area (Å²) in [6, 6.07) is 0. The van der Waals surface area contributed by atoms with Crippen LogP contribution < -0.4 is 0 Å². The van der Waals surface area contributed by atoms with Crippen LogP contribution in [0.1, 0.15) is 91.2 Å². The fraction of sp³-hybridized carbons (Fsp3) is 0.895. The molecule has 0 saturated carbocycles. The van der Waals surface area contributed by atoms with Crippen molar-refractivity contribution < 1.29 is 0 Å². The Bertz CT molecular complexity index is 371. The molecule has 0 aromatic carbocycles. The Morgan fingerprint density at radius 3 is 2.41 bits per heavy atom. The van der Waals surface area contributed by atoms with E-state index < -0.39 is 0 Å². The van der Waals surface area contributed by atoms with Crippen molar-refractivity contribution in [2.24, 2.45) is 11.8 Å². The van der Waals surface area contributed by atoms with Gasteiger partial charge in [0.25, 0.3) is 0 Å². The minimum atomic E-state index is 0.794. The topological polar surface area (TPSA) is 30.7 Å². The monoisotopic (exact) mass is 307 g/mol. The van der Waals surface area contributed by atoms with Crippen LogP contribution >= 0.6 is 0 Å². The molecule has 1 rings (SSSR count). The summed E-state index contributed by atoms with van der Waals surface area (Å²) in [5.41, 5.74) is 1.32. The minimum absolute atomic E-state index is 0.794. The van der Waals surface area contributed by atoms with E-state index in [0.29, 0.717) is 0 Å². The van der Waals surface area contributed by atoms with Crippen LogP contribution in [0.25, 0.3) is 0 Å². The zero-order chi connectivity index (χ0) is 16.2. The van der Waals surface area contributed by atoms with Gasteiger partial charge in [0.1, 0.15) is 0 Å². The van der Waals surface area contributed by atoms with E-state index in [2.05, 4.69) is 42.7 Å². The molecule has 1 aromatic heterocycles. The third-order valence-electron chi connectivity index (χ3n) is 4.53. The first-order chi connectivity index (χ1) is 10.6. The Morgan fingerprint density at radius 1 is 0.955 bits per heavy atom. The van der Waals surface area contributed by atoms with Crippen molar-refractivity contribution >= 4 is 0 Å². The van der Waals surface area contributed by atoms with Gasteiger partial charge in [0.2, 0.25) is 0 Å². The van der Waals surface area contributed by atoms with Crippen LogP contribution in [0.3, 0.4) is 0 Å². The Kier molecular flexibility index (Phi) is 10.2. The molecule has 0 bridgehead atoms. The summed E-state index contributed by atoms with van der Waals surface area (Å²) in [6.07, 6.45) is 15.1. The fourth-order valence-corrected chi connectivity index (χ4v) is 3.03. The van der Waals surface area contributed by atoms with Gasteiger partial charge in [-0.3, -0.25) is 0 Å². The van der Waals surface area contributed by atoms with E-state index >= 15 is 0 Å². The molecule has 0 radical (unpaired) electrons. The number of hydrogen-bond acceptors (Lipinski definition) is 2. The molecule has 0 fully saturated rings. The smallest absolute Gasteiger partial charge is 0.0725 e. The van der Waals surface area contributed by atoms with Gasteiger partial charge < -0.3 is 0 Å². The average molecular weight is 308 g/mol. The Labute approximate surface area is 137 Å². The zero-order valence-electron chi connectivity index (χ0n) is 15.4. The summed E-state index contributed by atoms with van der Waals surface area (Å²) in [5, 5.41) is 8.37. The highest BCUT2D eigenvalue weighted by Crippen LogP contribution is 2.14. The van der Waals surface area contributed by atoms with Crippen LogP contribution in [-0.4, -0.2) is 15.0 Å². The van der Waals surface area contributed by atoms with E-state index in [9.17, 15) is 0 Å². The highest BCUT2D eigenvalue weighted by molar-refractivity contribution is 4.94. The van der Waals surface area contributed by atoms with E-state index in [1.165, 1.54) is 63.5 Å². The van der Waals surface area contributed by atoms with Crippen molar-refractivity contribution in [1.82, 2.24) is 15.0 Å². The molecule has 0 spiro atoms.